The summed E-state index contributed by atoms with van der Waals surface area (Å²) in [6.07, 6.45) is 6.23. The van der Waals surface area contributed by atoms with Gasteiger partial charge in [-0.3, -0.25) is 5.10 Å². The summed E-state index contributed by atoms with van der Waals surface area (Å²) >= 11 is 0. The number of nitrogens with zero attached hydrogens (tertiary/aromatic N) is 4. The van der Waals surface area contributed by atoms with E-state index in [2.05, 4.69) is 31.1 Å². The van der Waals surface area contributed by atoms with Gasteiger partial charge in [0, 0.05) is 30.1 Å². The minimum atomic E-state index is 0.387. The highest BCUT2D eigenvalue weighted by atomic mass is 15.2. The molecule has 1 aliphatic rings. The molecule has 0 aromatic carbocycles. The van der Waals surface area contributed by atoms with E-state index in [4.69, 9.17) is 0 Å². The van der Waals surface area contributed by atoms with Crippen LogP contribution in [0.4, 0.5) is 5.82 Å². The number of aromatic nitrogens is 4. The smallest absolute Gasteiger partial charge is 0.133 e. The van der Waals surface area contributed by atoms with Crippen molar-refractivity contribution < 1.29 is 0 Å². The number of anilines is 1. The second-order valence-electron chi connectivity index (χ2n) is 4.80. The first kappa shape index (κ1) is 11.2. The number of H-pyrrole nitrogens is 1. The van der Waals surface area contributed by atoms with Crippen molar-refractivity contribution in [3.8, 4) is 0 Å². The van der Waals surface area contributed by atoms with Gasteiger partial charge < -0.3 is 4.90 Å². The van der Waals surface area contributed by atoms with Crippen molar-refractivity contribution in [3.05, 3.63) is 35.5 Å². The predicted molar refractivity (Wildman–Crippen MR) is 69.4 cm³/mol. The van der Waals surface area contributed by atoms with E-state index in [1.165, 1.54) is 12.0 Å². The summed E-state index contributed by atoms with van der Waals surface area (Å²) in [6.45, 7) is 5.01. The summed E-state index contributed by atoms with van der Waals surface area (Å²) in [6, 6.07) is 2.45. The molecule has 2 aromatic heterocycles. The van der Waals surface area contributed by atoms with Crippen molar-refractivity contribution in [2.24, 2.45) is 0 Å². The number of aromatic amines is 1. The highest BCUT2D eigenvalue weighted by Gasteiger charge is 2.28. The van der Waals surface area contributed by atoms with E-state index in [-0.39, 0.29) is 0 Å². The summed E-state index contributed by atoms with van der Waals surface area (Å²) in [5, 5.41) is 6.94. The summed E-state index contributed by atoms with van der Waals surface area (Å²) in [5.41, 5.74) is 2.26. The van der Waals surface area contributed by atoms with Crippen molar-refractivity contribution in [1.82, 2.24) is 20.2 Å². The van der Waals surface area contributed by atoms with Crippen LogP contribution in [0.1, 0.15) is 36.0 Å². The molecule has 3 rings (SSSR count). The molecule has 1 aliphatic heterocycles. The van der Waals surface area contributed by atoms with Crippen LogP contribution in [-0.4, -0.2) is 26.7 Å². The van der Waals surface area contributed by atoms with Gasteiger partial charge in [-0.25, -0.2) is 9.97 Å². The highest BCUT2D eigenvalue weighted by Crippen LogP contribution is 2.34. The average molecular weight is 243 g/mol. The quantitative estimate of drug-likeness (QED) is 0.878. The van der Waals surface area contributed by atoms with Crippen LogP contribution in [0, 0.1) is 13.8 Å². The van der Waals surface area contributed by atoms with Gasteiger partial charge in [-0.15, -0.1) is 0 Å². The minimum absolute atomic E-state index is 0.387. The van der Waals surface area contributed by atoms with Crippen LogP contribution in [0.3, 0.4) is 0 Å². The molecule has 18 heavy (non-hydrogen) atoms. The van der Waals surface area contributed by atoms with E-state index >= 15 is 0 Å². The summed E-state index contributed by atoms with van der Waals surface area (Å²) in [7, 11) is 0. The fourth-order valence-corrected chi connectivity index (χ4v) is 2.68. The lowest BCUT2D eigenvalue weighted by molar-refractivity contribution is 0.708. The Labute approximate surface area is 106 Å². The third kappa shape index (κ3) is 1.96. The first-order valence-corrected chi connectivity index (χ1v) is 6.31. The molecule has 0 spiro atoms. The van der Waals surface area contributed by atoms with E-state index in [0.717, 1.165) is 30.3 Å². The number of hydrogen-bond donors (Lipinski definition) is 1. The first-order chi connectivity index (χ1) is 8.74. The Bertz CT molecular complexity index is 514. The lowest BCUT2D eigenvalue weighted by atomic mass is 10.1. The normalized spacial score (nSPS) is 19.4. The van der Waals surface area contributed by atoms with Crippen molar-refractivity contribution in [2.45, 2.75) is 32.7 Å². The zero-order valence-corrected chi connectivity index (χ0v) is 10.7. The maximum atomic E-state index is 4.56. The van der Waals surface area contributed by atoms with Crippen LogP contribution >= 0.6 is 0 Å². The van der Waals surface area contributed by atoms with E-state index in [1.54, 1.807) is 0 Å². The molecule has 1 atom stereocenters. The van der Waals surface area contributed by atoms with Gasteiger partial charge in [0.1, 0.15) is 11.6 Å². The fourth-order valence-electron chi connectivity index (χ4n) is 2.68. The Balaban J connectivity index is 1.95. The highest BCUT2D eigenvalue weighted by molar-refractivity contribution is 5.44. The van der Waals surface area contributed by atoms with Crippen molar-refractivity contribution in [3.63, 3.8) is 0 Å². The third-order valence-corrected chi connectivity index (χ3v) is 3.40. The Morgan fingerprint density at radius 2 is 2.22 bits per heavy atom. The molecule has 0 amide bonds. The van der Waals surface area contributed by atoms with E-state index in [0.29, 0.717) is 6.04 Å². The van der Waals surface area contributed by atoms with Crippen LogP contribution in [0.15, 0.2) is 18.5 Å². The van der Waals surface area contributed by atoms with Gasteiger partial charge in [0.05, 0.1) is 12.2 Å². The summed E-state index contributed by atoms with van der Waals surface area (Å²) in [4.78, 5) is 11.3. The standard InChI is InChI=1S/C13H17N5/c1-9-6-13(17-10(2)16-9)18-5-3-4-12(18)11-7-14-15-8-11/h6-8,12H,3-5H2,1-2H3,(H,14,15)/t12-/m1/s1. The monoisotopic (exact) mass is 243 g/mol. The van der Waals surface area contributed by atoms with Crippen molar-refractivity contribution in [2.75, 3.05) is 11.4 Å². The van der Waals surface area contributed by atoms with Crippen molar-refractivity contribution >= 4 is 5.82 Å². The van der Waals surface area contributed by atoms with Crippen LogP contribution < -0.4 is 4.90 Å². The zero-order chi connectivity index (χ0) is 12.5. The van der Waals surface area contributed by atoms with Crippen LogP contribution in [0.25, 0.3) is 0 Å². The second kappa shape index (κ2) is 4.40. The first-order valence-electron chi connectivity index (χ1n) is 6.31. The number of aryl methyl sites for hydroxylation is 2. The number of nitrogens with one attached hydrogen (secondary N) is 1. The molecular formula is C13H17N5. The maximum absolute atomic E-state index is 4.56. The topological polar surface area (TPSA) is 57.7 Å². The molecule has 0 aliphatic carbocycles. The predicted octanol–water partition coefficient (Wildman–Crippen LogP) is 2.16. The Hall–Kier alpha value is -1.91. The van der Waals surface area contributed by atoms with Crippen LogP contribution in [0.5, 0.6) is 0 Å². The molecule has 5 nitrogen and oxygen atoms in total. The molecule has 1 fully saturated rings. The molecule has 1 saturated heterocycles. The lowest BCUT2D eigenvalue weighted by Crippen LogP contribution is -2.23. The van der Waals surface area contributed by atoms with Gasteiger partial charge in [0.2, 0.25) is 0 Å². The lowest BCUT2D eigenvalue weighted by Gasteiger charge is -2.25. The van der Waals surface area contributed by atoms with Gasteiger partial charge in [0.25, 0.3) is 0 Å². The number of rotatable bonds is 2. The van der Waals surface area contributed by atoms with E-state index in [1.807, 2.05) is 26.2 Å². The molecule has 0 saturated carbocycles. The van der Waals surface area contributed by atoms with E-state index < -0.39 is 0 Å². The third-order valence-electron chi connectivity index (χ3n) is 3.40. The largest absolute Gasteiger partial charge is 0.349 e. The van der Waals surface area contributed by atoms with E-state index in [9.17, 15) is 0 Å². The van der Waals surface area contributed by atoms with Crippen LogP contribution in [0.2, 0.25) is 0 Å². The fraction of sp³-hybridized carbons (Fsp3) is 0.462. The molecule has 94 valence electrons. The molecule has 5 heteroatoms. The van der Waals surface area contributed by atoms with Gasteiger partial charge >= 0.3 is 0 Å². The minimum Gasteiger partial charge on any atom is -0.349 e. The van der Waals surface area contributed by atoms with Gasteiger partial charge in [-0.2, -0.15) is 5.10 Å². The summed E-state index contributed by atoms with van der Waals surface area (Å²) < 4.78 is 0. The van der Waals surface area contributed by atoms with Crippen LogP contribution in [-0.2, 0) is 0 Å². The van der Waals surface area contributed by atoms with Gasteiger partial charge in [-0.1, -0.05) is 0 Å². The molecule has 2 aromatic rings. The molecular weight excluding hydrogens is 226 g/mol. The second-order valence-corrected chi connectivity index (χ2v) is 4.80. The Morgan fingerprint density at radius 1 is 1.33 bits per heavy atom. The maximum Gasteiger partial charge on any atom is 0.133 e. The average Bonchev–Trinajstić information content (AvgIpc) is 2.98. The molecule has 0 bridgehead atoms. The molecule has 3 heterocycles. The van der Waals surface area contributed by atoms with Gasteiger partial charge in [0.15, 0.2) is 0 Å². The Morgan fingerprint density at radius 3 is 2.94 bits per heavy atom. The molecule has 0 radical (unpaired) electrons. The zero-order valence-electron chi connectivity index (χ0n) is 10.7. The molecule has 0 unspecified atom stereocenters. The molecule has 1 N–H and O–H groups in total. The SMILES string of the molecule is Cc1cc(N2CCC[C@@H]2c2cn[nH]c2)nc(C)n1. The van der Waals surface area contributed by atoms with Gasteiger partial charge in [-0.05, 0) is 26.7 Å². The van der Waals surface area contributed by atoms with Crippen molar-refractivity contribution in [1.29, 1.82) is 0 Å². The number of hydrogen-bond acceptors (Lipinski definition) is 4. The summed E-state index contributed by atoms with van der Waals surface area (Å²) in [5.74, 6) is 1.87. The Kier molecular flexibility index (Phi) is 2.74.